The van der Waals surface area contributed by atoms with Crippen molar-refractivity contribution >= 4 is 33.0 Å². The maximum absolute atomic E-state index is 12.1. The topological polar surface area (TPSA) is 68.9 Å². The van der Waals surface area contributed by atoms with Crippen LogP contribution in [0.3, 0.4) is 0 Å². The fraction of sp³-hybridized carbons (Fsp3) is 0.417. The van der Waals surface area contributed by atoms with Gasteiger partial charge in [-0.05, 0) is 34.8 Å². The quantitative estimate of drug-likeness (QED) is 0.907. The van der Waals surface area contributed by atoms with Gasteiger partial charge in [0.05, 0.1) is 5.52 Å². The monoisotopic (exact) mass is 324 g/mol. The number of hydrogen-bond acceptors (Lipinski definition) is 3. The molecule has 0 unspecified atom stereocenters. The minimum atomic E-state index is -0.230. The molecule has 1 amide bonds. The lowest BCUT2D eigenvalue weighted by Gasteiger charge is -2.03. The third kappa shape index (κ3) is 2.30. The predicted octanol–water partition coefficient (Wildman–Crippen LogP) is 0.776. The number of carbonyl (C=O) groups is 1. The second-order valence-corrected chi connectivity index (χ2v) is 5.68. The summed E-state index contributed by atoms with van der Waals surface area (Å²) in [5.74, 6) is -0.137. The van der Waals surface area contributed by atoms with Crippen molar-refractivity contribution in [3.05, 3.63) is 27.2 Å². The Morgan fingerprint density at radius 1 is 1.58 bits per heavy atom. The third-order valence-electron chi connectivity index (χ3n) is 3.19. The molecular formula is C12H13BrN4O2. The van der Waals surface area contributed by atoms with Gasteiger partial charge in [0, 0.05) is 23.8 Å². The summed E-state index contributed by atoms with van der Waals surface area (Å²) in [6.45, 7) is 0.0152. The number of imidazole rings is 1. The molecule has 1 aliphatic carbocycles. The van der Waals surface area contributed by atoms with E-state index >= 15 is 0 Å². The van der Waals surface area contributed by atoms with Crippen molar-refractivity contribution in [1.29, 1.82) is 0 Å². The molecule has 0 bridgehead atoms. The number of aryl methyl sites for hydroxylation is 1. The Morgan fingerprint density at radius 3 is 3.00 bits per heavy atom. The average molecular weight is 325 g/mol. The van der Waals surface area contributed by atoms with Crippen molar-refractivity contribution in [2.45, 2.75) is 25.4 Å². The molecule has 1 fully saturated rings. The molecule has 1 N–H and O–H groups in total. The molecule has 7 heteroatoms. The van der Waals surface area contributed by atoms with Crippen LogP contribution in [0.4, 0.5) is 0 Å². The fourth-order valence-electron chi connectivity index (χ4n) is 2.04. The zero-order chi connectivity index (χ0) is 13.6. The summed E-state index contributed by atoms with van der Waals surface area (Å²) in [4.78, 5) is 28.2. The number of amides is 1. The van der Waals surface area contributed by atoms with E-state index in [1.807, 2.05) is 6.07 Å². The highest BCUT2D eigenvalue weighted by atomic mass is 79.9. The van der Waals surface area contributed by atoms with Crippen molar-refractivity contribution < 1.29 is 4.79 Å². The van der Waals surface area contributed by atoms with Gasteiger partial charge >= 0.3 is 5.69 Å². The molecule has 1 aliphatic rings. The molecule has 6 nitrogen and oxygen atoms in total. The smallest absolute Gasteiger partial charge is 0.330 e. The van der Waals surface area contributed by atoms with Crippen LogP contribution >= 0.6 is 15.9 Å². The number of pyridine rings is 1. The molecule has 0 atom stereocenters. The predicted molar refractivity (Wildman–Crippen MR) is 73.8 cm³/mol. The van der Waals surface area contributed by atoms with Gasteiger partial charge in [-0.3, -0.25) is 13.9 Å². The van der Waals surface area contributed by atoms with Gasteiger partial charge in [0.2, 0.25) is 5.91 Å². The number of aromatic nitrogens is 3. The SMILES string of the molecule is Cn1c(=O)n(CC(=O)NC2CC2)c2ncc(Br)cc21. The Hall–Kier alpha value is -1.63. The van der Waals surface area contributed by atoms with Gasteiger partial charge in [-0.1, -0.05) is 0 Å². The first-order valence-electron chi connectivity index (χ1n) is 6.06. The fourth-order valence-corrected chi connectivity index (χ4v) is 2.36. The van der Waals surface area contributed by atoms with E-state index in [1.54, 1.807) is 13.2 Å². The van der Waals surface area contributed by atoms with E-state index in [-0.39, 0.29) is 18.1 Å². The lowest BCUT2D eigenvalue weighted by Crippen LogP contribution is -2.33. The standard InChI is InChI=1S/C12H13BrN4O2/c1-16-9-4-7(13)5-14-11(9)17(12(16)19)6-10(18)15-8-2-3-8/h4-5,8H,2-3,6H2,1H3,(H,15,18). The van der Waals surface area contributed by atoms with Crippen molar-refractivity contribution in [2.75, 3.05) is 0 Å². The summed E-state index contributed by atoms with van der Waals surface area (Å²) in [5.41, 5.74) is 1.01. The van der Waals surface area contributed by atoms with Crippen LogP contribution in [0.1, 0.15) is 12.8 Å². The maximum Gasteiger partial charge on any atom is 0.330 e. The van der Waals surface area contributed by atoms with Crippen LogP contribution in [-0.4, -0.2) is 26.1 Å². The zero-order valence-electron chi connectivity index (χ0n) is 10.4. The summed E-state index contributed by atoms with van der Waals surface area (Å²) < 4.78 is 3.70. The first-order chi connectivity index (χ1) is 9.06. The summed E-state index contributed by atoms with van der Waals surface area (Å²) in [5, 5.41) is 2.87. The second kappa shape index (κ2) is 4.48. The highest BCUT2D eigenvalue weighted by Gasteiger charge is 2.24. The van der Waals surface area contributed by atoms with E-state index in [4.69, 9.17) is 0 Å². The van der Waals surface area contributed by atoms with Gasteiger partial charge in [-0.2, -0.15) is 0 Å². The van der Waals surface area contributed by atoms with E-state index in [0.29, 0.717) is 17.2 Å². The van der Waals surface area contributed by atoms with Crippen LogP contribution in [-0.2, 0) is 18.4 Å². The molecule has 0 radical (unpaired) electrons. The normalized spacial score (nSPS) is 14.8. The number of carbonyl (C=O) groups excluding carboxylic acids is 1. The van der Waals surface area contributed by atoms with E-state index in [0.717, 1.165) is 17.3 Å². The van der Waals surface area contributed by atoms with Crippen molar-refractivity contribution in [3.63, 3.8) is 0 Å². The molecule has 100 valence electrons. The van der Waals surface area contributed by atoms with Crippen molar-refractivity contribution in [1.82, 2.24) is 19.4 Å². The van der Waals surface area contributed by atoms with Crippen LogP contribution in [0, 0.1) is 0 Å². The highest BCUT2D eigenvalue weighted by molar-refractivity contribution is 9.10. The largest absolute Gasteiger partial charge is 0.352 e. The summed E-state index contributed by atoms with van der Waals surface area (Å²) >= 11 is 3.33. The number of hydrogen-bond donors (Lipinski definition) is 1. The highest BCUT2D eigenvalue weighted by Crippen LogP contribution is 2.19. The summed E-state index contributed by atoms with van der Waals surface area (Å²) in [6, 6.07) is 2.11. The van der Waals surface area contributed by atoms with Gasteiger partial charge in [-0.15, -0.1) is 0 Å². The van der Waals surface area contributed by atoms with Crippen LogP contribution < -0.4 is 11.0 Å². The zero-order valence-corrected chi connectivity index (χ0v) is 12.0. The van der Waals surface area contributed by atoms with Gasteiger partial charge in [0.1, 0.15) is 6.54 Å². The van der Waals surface area contributed by atoms with Crippen LogP contribution in [0.15, 0.2) is 21.5 Å². The van der Waals surface area contributed by atoms with E-state index < -0.39 is 0 Å². The summed E-state index contributed by atoms with van der Waals surface area (Å²) in [6.07, 6.45) is 3.68. The van der Waals surface area contributed by atoms with Crippen molar-refractivity contribution in [3.8, 4) is 0 Å². The minimum Gasteiger partial charge on any atom is -0.352 e. The van der Waals surface area contributed by atoms with Crippen LogP contribution in [0.25, 0.3) is 11.2 Å². The Kier molecular flexibility index (Phi) is 2.93. The molecule has 0 aliphatic heterocycles. The van der Waals surface area contributed by atoms with Crippen LogP contribution in [0.5, 0.6) is 0 Å². The molecule has 2 aromatic rings. The molecule has 0 saturated heterocycles. The lowest BCUT2D eigenvalue weighted by molar-refractivity contribution is -0.121. The molecule has 1 saturated carbocycles. The molecule has 0 aromatic carbocycles. The Bertz CT molecular complexity index is 714. The van der Waals surface area contributed by atoms with Crippen molar-refractivity contribution in [2.24, 2.45) is 7.05 Å². The molecular weight excluding hydrogens is 312 g/mol. The van der Waals surface area contributed by atoms with E-state index in [1.165, 1.54) is 9.13 Å². The Labute approximate surface area is 117 Å². The maximum atomic E-state index is 12.1. The lowest BCUT2D eigenvalue weighted by atomic mass is 10.4. The molecule has 2 aromatic heterocycles. The van der Waals surface area contributed by atoms with E-state index in [9.17, 15) is 9.59 Å². The molecule has 0 spiro atoms. The number of rotatable bonds is 3. The van der Waals surface area contributed by atoms with Gasteiger partial charge < -0.3 is 5.32 Å². The number of nitrogens with one attached hydrogen (secondary N) is 1. The Morgan fingerprint density at radius 2 is 2.32 bits per heavy atom. The Balaban J connectivity index is 2.00. The number of halogens is 1. The third-order valence-corrected chi connectivity index (χ3v) is 3.63. The van der Waals surface area contributed by atoms with Gasteiger partial charge in [-0.25, -0.2) is 9.78 Å². The minimum absolute atomic E-state index is 0.0152. The van der Waals surface area contributed by atoms with E-state index in [2.05, 4.69) is 26.2 Å². The molecule has 2 heterocycles. The first-order valence-corrected chi connectivity index (χ1v) is 6.85. The number of fused-ring (bicyclic) bond motifs is 1. The van der Waals surface area contributed by atoms with Gasteiger partial charge in [0.15, 0.2) is 5.65 Å². The average Bonchev–Trinajstić information content (AvgIpc) is 3.14. The molecule has 3 rings (SSSR count). The molecule has 19 heavy (non-hydrogen) atoms. The summed E-state index contributed by atoms with van der Waals surface area (Å²) in [7, 11) is 1.67. The second-order valence-electron chi connectivity index (χ2n) is 4.77. The number of nitrogens with zero attached hydrogens (tertiary/aromatic N) is 3. The van der Waals surface area contributed by atoms with Gasteiger partial charge in [0.25, 0.3) is 0 Å². The van der Waals surface area contributed by atoms with Crippen LogP contribution in [0.2, 0.25) is 0 Å². The first kappa shape index (κ1) is 12.4.